The monoisotopic (exact) mass is 466 g/mol. The van der Waals surface area contributed by atoms with Gasteiger partial charge < -0.3 is 14.6 Å². The summed E-state index contributed by atoms with van der Waals surface area (Å²) in [5.41, 5.74) is 0. The highest BCUT2D eigenvalue weighted by Crippen LogP contribution is 2.10. The molecule has 1 N–H and O–H groups in total. The zero-order chi connectivity index (χ0) is 24.2. The van der Waals surface area contributed by atoms with Crippen LogP contribution < -0.4 is 0 Å². The molecule has 33 heavy (non-hydrogen) atoms. The van der Waals surface area contributed by atoms with Gasteiger partial charge in [-0.1, -0.05) is 109 Å². The fourth-order valence-electron chi connectivity index (χ4n) is 3.66. The third-order valence-electron chi connectivity index (χ3n) is 5.76. The first-order valence-corrected chi connectivity index (χ1v) is 13.9. The normalized spacial score (nSPS) is 12.7. The van der Waals surface area contributed by atoms with Crippen LogP contribution in [0, 0.1) is 0 Å². The summed E-state index contributed by atoms with van der Waals surface area (Å²) in [6, 6.07) is 0. The number of allylic oxidation sites excluding steroid dienone is 4. The zero-order valence-electron chi connectivity index (χ0n) is 21.9. The van der Waals surface area contributed by atoms with Crippen molar-refractivity contribution in [2.75, 3.05) is 19.8 Å². The van der Waals surface area contributed by atoms with Crippen LogP contribution in [-0.4, -0.2) is 37.0 Å². The van der Waals surface area contributed by atoms with E-state index in [1.165, 1.54) is 83.5 Å². The molecule has 1 unspecified atom stereocenters. The smallest absolute Gasteiger partial charge is 0.306 e. The van der Waals surface area contributed by atoms with Gasteiger partial charge in [-0.2, -0.15) is 0 Å². The summed E-state index contributed by atoms with van der Waals surface area (Å²) in [5.74, 6) is -0.214. The van der Waals surface area contributed by atoms with Crippen LogP contribution in [0.3, 0.4) is 0 Å². The second kappa shape index (κ2) is 27.1. The topological polar surface area (TPSA) is 55.8 Å². The number of ether oxygens (including phenoxy) is 2. The predicted octanol–water partition coefficient (Wildman–Crippen LogP) is 8.08. The summed E-state index contributed by atoms with van der Waals surface area (Å²) in [4.78, 5) is 11.9. The van der Waals surface area contributed by atoms with E-state index in [1.807, 2.05) is 0 Å². The quantitative estimate of drug-likeness (QED) is 0.0839. The van der Waals surface area contributed by atoms with Gasteiger partial charge in [0.1, 0.15) is 6.10 Å². The molecular weight excluding hydrogens is 412 g/mol. The van der Waals surface area contributed by atoms with Crippen molar-refractivity contribution in [1.29, 1.82) is 0 Å². The molecule has 0 amide bonds. The van der Waals surface area contributed by atoms with Gasteiger partial charge in [0, 0.05) is 13.0 Å². The maximum Gasteiger partial charge on any atom is 0.306 e. The second-order valence-corrected chi connectivity index (χ2v) is 9.12. The number of hydrogen-bond acceptors (Lipinski definition) is 4. The van der Waals surface area contributed by atoms with E-state index in [-0.39, 0.29) is 12.6 Å². The van der Waals surface area contributed by atoms with Gasteiger partial charge in [0.15, 0.2) is 0 Å². The van der Waals surface area contributed by atoms with Crippen molar-refractivity contribution in [2.45, 2.75) is 136 Å². The lowest BCUT2D eigenvalue weighted by atomic mass is 10.1. The molecule has 0 aromatic heterocycles. The second-order valence-electron chi connectivity index (χ2n) is 9.12. The first-order chi connectivity index (χ1) is 16.2. The van der Waals surface area contributed by atoms with E-state index in [1.54, 1.807) is 0 Å². The van der Waals surface area contributed by atoms with Gasteiger partial charge in [0.05, 0.1) is 13.2 Å². The van der Waals surface area contributed by atoms with E-state index in [0.717, 1.165) is 25.7 Å². The van der Waals surface area contributed by atoms with Crippen molar-refractivity contribution in [1.82, 2.24) is 0 Å². The van der Waals surface area contributed by atoms with Crippen LogP contribution in [-0.2, 0) is 14.3 Å². The Hall–Kier alpha value is -1.13. The number of aliphatic hydroxyl groups excluding tert-OH is 1. The van der Waals surface area contributed by atoms with Crippen molar-refractivity contribution in [2.24, 2.45) is 0 Å². The molecule has 0 saturated carbocycles. The maximum absolute atomic E-state index is 11.9. The van der Waals surface area contributed by atoms with Crippen LogP contribution in [0.5, 0.6) is 0 Å². The molecule has 0 heterocycles. The Kier molecular flexibility index (Phi) is 26.2. The van der Waals surface area contributed by atoms with Crippen molar-refractivity contribution < 1.29 is 19.4 Å². The minimum Gasteiger partial charge on any atom is -0.457 e. The highest BCUT2D eigenvalue weighted by atomic mass is 16.6. The summed E-state index contributed by atoms with van der Waals surface area (Å²) >= 11 is 0. The van der Waals surface area contributed by atoms with E-state index < -0.39 is 6.10 Å². The van der Waals surface area contributed by atoms with Crippen molar-refractivity contribution >= 4 is 5.97 Å². The molecule has 0 aromatic carbocycles. The molecule has 0 spiro atoms. The lowest BCUT2D eigenvalue weighted by molar-refractivity contribution is -0.154. The molecule has 4 heteroatoms. The minimum absolute atomic E-state index is 0.174. The fraction of sp³-hybridized carbons (Fsp3) is 0.828. The molecule has 0 aromatic rings. The van der Waals surface area contributed by atoms with E-state index >= 15 is 0 Å². The maximum atomic E-state index is 11.9. The Bertz CT molecular complexity index is 459. The number of aliphatic hydroxyl groups is 1. The minimum atomic E-state index is -0.530. The van der Waals surface area contributed by atoms with Gasteiger partial charge in [0.2, 0.25) is 0 Å². The fourth-order valence-corrected chi connectivity index (χ4v) is 3.66. The predicted molar refractivity (Wildman–Crippen MR) is 141 cm³/mol. The molecule has 0 aliphatic heterocycles. The summed E-state index contributed by atoms with van der Waals surface area (Å²) in [7, 11) is 0. The molecule has 4 nitrogen and oxygen atoms in total. The van der Waals surface area contributed by atoms with Crippen LogP contribution in [0.15, 0.2) is 24.3 Å². The molecule has 0 rings (SSSR count). The molecule has 1 atom stereocenters. The third-order valence-corrected chi connectivity index (χ3v) is 5.76. The lowest BCUT2D eigenvalue weighted by Crippen LogP contribution is -2.27. The third kappa shape index (κ3) is 25.3. The Morgan fingerprint density at radius 3 is 2.00 bits per heavy atom. The number of unbranched alkanes of at least 4 members (excludes halogenated alkanes) is 13. The van der Waals surface area contributed by atoms with Crippen molar-refractivity contribution in [3.8, 4) is 0 Å². The van der Waals surface area contributed by atoms with Gasteiger partial charge >= 0.3 is 5.97 Å². The first kappa shape index (κ1) is 31.9. The van der Waals surface area contributed by atoms with E-state index in [9.17, 15) is 9.90 Å². The Morgan fingerprint density at radius 1 is 0.727 bits per heavy atom. The number of rotatable bonds is 25. The van der Waals surface area contributed by atoms with Crippen molar-refractivity contribution in [3.63, 3.8) is 0 Å². The molecule has 0 aliphatic rings. The Labute approximate surface area is 205 Å². The van der Waals surface area contributed by atoms with E-state index in [4.69, 9.17) is 9.47 Å². The van der Waals surface area contributed by atoms with Crippen LogP contribution in [0.1, 0.15) is 129 Å². The van der Waals surface area contributed by atoms with Gasteiger partial charge in [-0.05, 0) is 38.5 Å². The summed E-state index contributed by atoms with van der Waals surface area (Å²) in [6.45, 7) is 5.21. The Morgan fingerprint density at radius 2 is 1.33 bits per heavy atom. The van der Waals surface area contributed by atoms with Gasteiger partial charge in [-0.15, -0.1) is 0 Å². The number of carbonyl (C=O) groups excluding carboxylic acids is 1. The summed E-state index contributed by atoms with van der Waals surface area (Å²) in [6.07, 6.45) is 29.2. The molecule has 194 valence electrons. The standard InChI is InChI=1S/C29H54O4/c1-3-5-7-9-11-12-13-14-15-16-17-19-21-23-25-32-27-28(26-30)33-29(31)24-22-20-18-10-8-6-4-2/h7,9,12-13,28,30H,3-6,8,10-11,14-27H2,1-2H3/b9-7-,13-12-. The molecule has 0 radical (unpaired) electrons. The highest BCUT2D eigenvalue weighted by molar-refractivity contribution is 5.69. The van der Waals surface area contributed by atoms with Crippen LogP contribution in [0.2, 0.25) is 0 Å². The molecule has 0 fully saturated rings. The van der Waals surface area contributed by atoms with Crippen LogP contribution >= 0.6 is 0 Å². The summed E-state index contributed by atoms with van der Waals surface area (Å²) < 4.78 is 11.0. The first-order valence-electron chi connectivity index (χ1n) is 13.9. The van der Waals surface area contributed by atoms with E-state index in [0.29, 0.717) is 19.6 Å². The van der Waals surface area contributed by atoms with Gasteiger partial charge in [-0.25, -0.2) is 0 Å². The number of hydrogen-bond donors (Lipinski definition) is 1. The molecule has 0 saturated heterocycles. The lowest BCUT2D eigenvalue weighted by Gasteiger charge is -2.15. The Balaban J connectivity index is 3.47. The largest absolute Gasteiger partial charge is 0.457 e. The molecular formula is C29H54O4. The SMILES string of the molecule is CCC/C=C\C/C=C\CCCCCCCCOCC(CO)OC(=O)CCCCCCCCC. The van der Waals surface area contributed by atoms with Crippen LogP contribution in [0.4, 0.5) is 0 Å². The van der Waals surface area contributed by atoms with Gasteiger partial charge in [0.25, 0.3) is 0 Å². The summed E-state index contributed by atoms with van der Waals surface area (Å²) in [5, 5.41) is 9.43. The zero-order valence-corrected chi connectivity index (χ0v) is 21.9. The average molecular weight is 467 g/mol. The number of carbonyl (C=O) groups is 1. The van der Waals surface area contributed by atoms with Crippen LogP contribution in [0.25, 0.3) is 0 Å². The molecule has 0 aliphatic carbocycles. The highest BCUT2D eigenvalue weighted by Gasteiger charge is 2.13. The number of esters is 1. The average Bonchev–Trinajstić information content (AvgIpc) is 2.82. The van der Waals surface area contributed by atoms with E-state index in [2.05, 4.69) is 38.2 Å². The molecule has 0 bridgehead atoms. The van der Waals surface area contributed by atoms with Gasteiger partial charge in [-0.3, -0.25) is 4.79 Å². The van der Waals surface area contributed by atoms with Crippen molar-refractivity contribution in [3.05, 3.63) is 24.3 Å².